The molecule has 5 heteroatoms. The Morgan fingerprint density at radius 2 is 1.62 bits per heavy atom. The molecular weight excluding hydrogens is 329 g/mol. The maximum Gasteiger partial charge on any atom is 0.224 e. The molecule has 1 heterocycles. The third-order valence-electron chi connectivity index (χ3n) is 4.58. The van der Waals surface area contributed by atoms with E-state index in [0.717, 1.165) is 43.2 Å². The Hall–Kier alpha value is -2.56. The number of carbonyl (C=O) groups is 1. The number of amides is 1. The number of halogens is 1. The Kier molecular flexibility index (Phi) is 5.76. The lowest BCUT2D eigenvalue weighted by Gasteiger charge is -2.38. The summed E-state index contributed by atoms with van der Waals surface area (Å²) in [5.41, 5.74) is 2.97. The van der Waals surface area contributed by atoms with Crippen LogP contribution < -0.4 is 15.1 Å². The van der Waals surface area contributed by atoms with Crippen molar-refractivity contribution < 1.29 is 9.18 Å². The van der Waals surface area contributed by atoms with E-state index in [2.05, 4.69) is 21.2 Å². The summed E-state index contributed by atoms with van der Waals surface area (Å²) in [6.45, 7) is 7.52. The van der Waals surface area contributed by atoms with Gasteiger partial charge >= 0.3 is 0 Å². The average molecular weight is 355 g/mol. The molecule has 0 saturated carbocycles. The largest absolute Gasteiger partial charge is 0.368 e. The maximum absolute atomic E-state index is 13.1. The van der Waals surface area contributed by atoms with Gasteiger partial charge in [0.05, 0.1) is 11.4 Å². The van der Waals surface area contributed by atoms with Crippen molar-refractivity contribution in [3.8, 4) is 0 Å². The van der Waals surface area contributed by atoms with Crippen LogP contribution in [0.1, 0.15) is 20.3 Å². The standard InChI is InChI=1S/C21H26FN3O/c1-16(2)15-21(26)23-19-5-3-4-6-20(19)25-13-11-24(12-14-25)18-9-7-17(22)8-10-18/h3-10,16H,11-15H2,1-2H3,(H,23,26). The van der Waals surface area contributed by atoms with Gasteiger partial charge in [-0.1, -0.05) is 26.0 Å². The molecule has 138 valence electrons. The van der Waals surface area contributed by atoms with Gasteiger partial charge in [-0.3, -0.25) is 4.79 Å². The molecule has 3 rings (SSSR count). The molecule has 1 saturated heterocycles. The van der Waals surface area contributed by atoms with Crippen molar-refractivity contribution in [1.82, 2.24) is 0 Å². The first-order valence-electron chi connectivity index (χ1n) is 9.17. The zero-order valence-electron chi connectivity index (χ0n) is 15.4. The maximum atomic E-state index is 13.1. The summed E-state index contributed by atoms with van der Waals surface area (Å²) in [4.78, 5) is 16.7. The minimum atomic E-state index is -0.210. The van der Waals surface area contributed by atoms with Gasteiger partial charge in [0.25, 0.3) is 0 Å². The number of benzene rings is 2. The van der Waals surface area contributed by atoms with Gasteiger partial charge in [-0.25, -0.2) is 4.39 Å². The van der Waals surface area contributed by atoms with E-state index in [0.29, 0.717) is 12.3 Å². The second kappa shape index (κ2) is 8.21. The number of anilines is 3. The molecule has 1 amide bonds. The smallest absolute Gasteiger partial charge is 0.224 e. The van der Waals surface area contributed by atoms with Crippen LogP contribution >= 0.6 is 0 Å². The zero-order chi connectivity index (χ0) is 18.5. The molecule has 0 aromatic heterocycles. The summed E-state index contributed by atoms with van der Waals surface area (Å²) in [6.07, 6.45) is 0.521. The van der Waals surface area contributed by atoms with Crippen molar-refractivity contribution >= 4 is 23.0 Å². The Bertz CT molecular complexity index is 737. The molecule has 2 aromatic rings. The van der Waals surface area contributed by atoms with Crippen molar-refractivity contribution in [2.75, 3.05) is 41.3 Å². The van der Waals surface area contributed by atoms with Crippen LogP contribution in [0, 0.1) is 11.7 Å². The van der Waals surface area contributed by atoms with Gasteiger partial charge in [0.2, 0.25) is 5.91 Å². The summed E-state index contributed by atoms with van der Waals surface area (Å²) >= 11 is 0. The minimum absolute atomic E-state index is 0.0531. The Morgan fingerprint density at radius 1 is 1.00 bits per heavy atom. The Morgan fingerprint density at radius 3 is 2.27 bits per heavy atom. The van der Waals surface area contributed by atoms with Crippen molar-refractivity contribution in [2.24, 2.45) is 5.92 Å². The lowest BCUT2D eigenvalue weighted by Crippen LogP contribution is -2.46. The highest BCUT2D eigenvalue weighted by molar-refractivity contribution is 5.94. The molecule has 2 aromatic carbocycles. The summed E-state index contributed by atoms with van der Waals surface area (Å²) in [5, 5.41) is 3.05. The summed E-state index contributed by atoms with van der Waals surface area (Å²) in [6, 6.07) is 14.6. The molecule has 1 aliphatic rings. The molecular formula is C21H26FN3O. The average Bonchev–Trinajstić information content (AvgIpc) is 2.62. The molecule has 0 atom stereocenters. The van der Waals surface area contributed by atoms with Crippen molar-refractivity contribution in [3.63, 3.8) is 0 Å². The van der Waals surface area contributed by atoms with E-state index >= 15 is 0 Å². The second-order valence-corrected chi connectivity index (χ2v) is 7.11. The van der Waals surface area contributed by atoms with E-state index in [1.807, 2.05) is 44.2 Å². The second-order valence-electron chi connectivity index (χ2n) is 7.11. The fourth-order valence-corrected chi connectivity index (χ4v) is 3.28. The van der Waals surface area contributed by atoms with Crippen LogP contribution in [0.15, 0.2) is 48.5 Å². The third kappa shape index (κ3) is 4.54. The summed E-state index contributed by atoms with van der Waals surface area (Å²) in [5.74, 6) is 0.178. The molecule has 1 N–H and O–H groups in total. The fourth-order valence-electron chi connectivity index (χ4n) is 3.28. The van der Waals surface area contributed by atoms with Crippen LogP contribution in [0.2, 0.25) is 0 Å². The zero-order valence-corrected chi connectivity index (χ0v) is 15.4. The SMILES string of the molecule is CC(C)CC(=O)Nc1ccccc1N1CCN(c2ccc(F)cc2)CC1. The van der Waals surface area contributed by atoms with Gasteiger partial charge in [-0.15, -0.1) is 0 Å². The van der Waals surface area contributed by atoms with Gasteiger partial charge in [-0.2, -0.15) is 0 Å². The molecule has 0 radical (unpaired) electrons. The quantitative estimate of drug-likeness (QED) is 0.876. The summed E-state index contributed by atoms with van der Waals surface area (Å²) in [7, 11) is 0. The molecule has 1 aliphatic heterocycles. The van der Waals surface area contributed by atoms with E-state index in [4.69, 9.17) is 0 Å². The Labute approximate surface area is 154 Å². The lowest BCUT2D eigenvalue weighted by molar-refractivity contribution is -0.116. The van der Waals surface area contributed by atoms with E-state index in [1.54, 1.807) is 0 Å². The topological polar surface area (TPSA) is 35.6 Å². The van der Waals surface area contributed by atoms with Crippen LogP contribution in [0.3, 0.4) is 0 Å². The molecule has 0 spiro atoms. The Balaban J connectivity index is 1.66. The minimum Gasteiger partial charge on any atom is -0.368 e. The normalized spacial score (nSPS) is 14.6. The molecule has 0 bridgehead atoms. The first kappa shape index (κ1) is 18.2. The van der Waals surface area contributed by atoms with Gasteiger partial charge in [0, 0.05) is 38.3 Å². The highest BCUT2D eigenvalue weighted by atomic mass is 19.1. The van der Waals surface area contributed by atoms with Crippen molar-refractivity contribution in [2.45, 2.75) is 20.3 Å². The number of para-hydroxylation sites is 2. The van der Waals surface area contributed by atoms with E-state index in [1.165, 1.54) is 12.1 Å². The highest BCUT2D eigenvalue weighted by Gasteiger charge is 2.20. The summed E-state index contributed by atoms with van der Waals surface area (Å²) < 4.78 is 13.1. The monoisotopic (exact) mass is 355 g/mol. The molecule has 26 heavy (non-hydrogen) atoms. The first-order valence-corrected chi connectivity index (χ1v) is 9.17. The number of hydrogen-bond donors (Lipinski definition) is 1. The van der Waals surface area contributed by atoms with Crippen LogP contribution in [-0.4, -0.2) is 32.1 Å². The van der Waals surface area contributed by atoms with Gasteiger partial charge < -0.3 is 15.1 Å². The predicted molar refractivity (Wildman–Crippen MR) is 105 cm³/mol. The molecule has 1 fully saturated rings. The van der Waals surface area contributed by atoms with E-state index in [-0.39, 0.29) is 11.7 Å². The molecule has 4 nitrogen and oxygen atoms in total. The lowest BCUT2D eigenvalue weighted by atomic mass is 10.1. The van der Waals surface area contributed by atoms with Crippen LogP contribution in [0.5, 0.6) is 0 Å². The number of rotatable bonds is 5. The van der Waals surface area contributed by atoms with Gasteiger partial charge in [-0.05, 0) is 42.3 Å². The number of piperazine rings is 1. The van der Waals surface area contributed by atoms with Crippen LogP contribution in [-0.2, 0) is 4.79 Å². The number of hydrogen-bond acceptors (Lipinski definition) is 3. The van der Waals surface area contributed by atoms with Crippen molar-refractivity contribution in [1.29, 1.82) is 0 Å². The first-order chi connectivity index (χ1) is 12.5. The predicted octanol–water partition coefficient (Wildman–Crippen LogP) is 4.14. The molecule has 0 aliphatic carbocycles. The molecule has 0 unspecified atom stereocenters. The number of nitrogens with zero attached hydrogens (tertiary/aromatic N) is 2. The number of carbonyl (C=O) groups excluding carboxylic acids is 1. The fraction of sp³-hybridized carbons (Fsp3) is 0.381. The van der Waals surface area contributed by atoms with Crippen molar-refractivity contribution in [3.05, 3.63) is 54.3 Å². The van der Waals surface area contributed by atoms with Gasteiger partial charge in [0.1, 0.15) is 5.82 Å². The van der Waals surface area contributed by atoms with Crippen LogP contribution in [0.25, 0.3) is 0 Å². The van der Waals surface area contributed by atoms with Gasteiger partial charge in [0.15, 0.2) is 0 Å². The van der Waals surface area contributed by atoms with Crippen LogP contribution in [0.4, 0.5) is 21.5 Å². The number of nitrogens with one attached hydrogen (secondary N) is 1. The third-order valence-corrected chi connectivity index (χ3v) is 4.58. The van der Waals surface area contributed by atoms with E-state index < -0.39 is 0 Å². The highest BCUT2D eigenvalue weighted by Crippen LogP contribution is 2.28. The van der Waals surface area contributed by atoms with E-state index in [9.17, 15) is 9.18 Å².